The summed E-state index contributed by atoms with van der Waals surface area (Å²) in [7, 11) is 0. The van der Waals surface area contributed by atoms with Gasteiger partial charge in [-0.05, 0) is 81.0 Å². The molecule has 0 unspecified atom stereocenters. The molecule has 2 bridgehead atoms. The molecule has 0 aromatic heterocycles. The maximum Gasteiger partial charge on any atom is 0.194 e. The highest BCUT2D eigenvalue weighted by Gasteiger charge is 2.77. The molecule has 182 valence electrons. The van der Waals surface area contributed by atoms with Crippen molar-refractivity contribution in [3.8, 4) is 0 Å². The van der Waals surface area contributed by atoms with Crippen LogP contribution in [0.3, 0.4) is 0 Å². The molecular formula is C28H46O4. The summed E-state index contributed by atoms with van der Waals surface area (Å²) in [6, 6.07) is 0. The molecule has 32 heavy (non-hydrogen) atoms. The Bertz CT molecular complexity index is 722. The predicted octanol–water partition coefficient (Wildman–Crippen LogP) is 5.43. The quantitative estimate of drug-likeness (QED) is 0.512. The van der Waals surface area contributed by atoms with E-state index in [0.717, 1.165) is 18.8 Å². The molecule has 10 atom stereocenters. The third kappa shape index (κ3) is 3.07. The SMILES string of the molecule is CCCCCCCC[C@H]1CC[C@H]2[C@@H]3[C@H]4O[C@H](C)[C@@]5(CC[C@H](O)C[C@]5(O)C4=O)[C@H]3CC[C@]12C. The van der Waals surface area contributed by atoms with Crippen molar-refractivity contribution in [1.82, 2.24) is 0 Å². The number of hydrogen-bond donors (Lipinski definition) is 2. The lowest BCUT2D eigenvalue weighted by Gasteiger charge is -2.70. The molecule has 6 aliphatic rings. The van der Waals surface area contributed by atoms with Gasteiger partial charge < -0.3 is 14.9 Å². The van der Waals surface area contributed by atoms with Crippen molar-refractivity contribution < 1.29 is 19.7 Å². The monoisotopic (exact) mass is 446 g/mol. The van der Waals surface area contributed by atoms with Crippen LogP contribution in [-0.4, -0.2) is 39.9 Å². The van der Waals surface area contributed by atoms with Gasteiger partial charge in [-0.25, -0.2) is 0 Å². The maximum atomic E-state index is 13.7. The lowest BCUT2D eigenvalue weighted by Crippen LogP contribution is -2.80. The maximum absolute atomic E-state index is 13.7. The molecule has 0 amide bonds. The molecule has 0 radical (unpaired) electrons. The zero-order valence-electron chi connectivity index (χ0n) is 20.7. The van der Waals surface area contributed by atoms with Gasteiger partial charge in [0.05, 0.1) is 12.2 Å². The van der Waals surface area contributed by atoms with Gasteiger partial charge in [-0.2, -0.15) is 0 Å². The summed E-state index contributed by atoms with van der Waals surface area (Å²) >= 11 is 0. The van der Waals surface area contributed by atoms with Crippen molar-refractivity contribution in [2.75, 3.05) is 0 Å². The van der Waals surface area contributed by atoms with Gasteiger partial charge >= 0.3 is 0 Å². The van der Waals surface area contributed by atoms with Crippen molar-refractivity contribution in [3.05, 3.63) is 0 Å². The molecule has 2 heterocycles. The molecule has 1 spiro atoms. The number of Topliss-reactive ketones (excluding diaryl/α,β-unsaturated/α-hetero) is 1. The van der Waals surface area contributed by atoms with Crippen LogP contribution in [0.1, 0.15) is 111 Å². The molecular weight excluding hydrogens is 400 g/mol. The molecule has 2 saturated heterocycles. The average Bonchev–Trinajstić information content (AvgIpc) is 3.09. The summed E-state index contributed by atoms with van der Waals surface area (Å²) in [5.41, 5.74) is -1.57. The van der Waals surface area contributed by atoms with Gasteiger partial charge in [0.1, 0.15) is 11.7 Å². The number of ether oxygens (including phenoxy) is 1. The topological polar surface area (TPSA) is 66.8 Å². The number of unbranched alkanes of at least 4 members (excludes halogenated alkanes) is 5. The van der Waals surface area contributed by atoms with E-state index in [9.17, 15) is 15.0 Å². The minimum atomic E-state index is -1.39. The van der Waals surface area contributed by atoms with E-state index in [2.05, 4.69) is 20.8 Å². The van der Waals surface area contributed by atoms with Gasteiger partial charge in [0.25, 0.3) is 0 Å². The Kier molecular flexibility index (Phi) is 6.07. The highest BCUT2D eigenvalue weighted by Crippen LogP contribution is 2.71. The Morgan fingerprint density at radius 1 is 1.00 bits per heavy atom. The molecule has 0 aromatic rings. The molecule has 2 N–H and O–H groups in total. The van der Waals surface area contributed by atoms with E-state index in [1.165, 1.54) is 64.2 Å². The Balaban J connectivity index is 1.35. The van der Waals surface area contributed by atoms with E-state index in [-0.39, 0.29) is 24.2 Å². The molecule has 6 rings (SSSR count). The number of aliphatic hydroxyl groups is 2. The zero-order valence-corrected chi connectivity index (χ0v) is 20.7. The molecule has 4 heteroatoms. The van der Waals surface area contributed by atoms with Gasteiger partial charge in [0.15, 0.2) is 5.78 Å². The van der Waals surface area contributed by atoms with Gasteiger partial charge in [-0.3, -0.25) is 4.79 Å². The molecule has 0 aromatic carbocycles. The molecule has 4 saturated carbocycles. The Morgan fingerprint density at radius 3 is 2.53 bits per heavy atom. The van der Waals surface area contributed by atoms with E-state index >= 15 is 0 Å². The van der Waals surface area contributed by atoms with Gasteiger partial charge in [0, 0.05) is 11.8 Å². The van der Waals surface area contributed by atoms with Crippen molar-refractivity contribution in [1.29, 1.82) is 0 Å². The smallest absolute Gasteiger partial charge is 0.194 e. The molecule has 4 aliphatic carbocycles. The first-order chi connectivity index (χ1) is 15.3. The number of aliphatic hydroxyl groups excluding tert-OH is 1. The van der Waals surface area contributed by atoms with Gasteiger partial charge in [-0.15, -0.1) is 0 Å². The minimum Gasteiger partial charge on any atom is -0.393 e. The number of carbonyl (C=O) groups excluding carboxylic acids is 1. The Morgan fingerprint density at radius 2 is 1.75 bits per heavy atom. The third-order valence-corrected chi connectivity index (χ3v) is 11.4. The Labute approximate surface area is 194 Å². The largest absolute Gasteiger partial charge is 0.393 e. The van der Waals surface area contributed by atoms with Crippen LogP contribution in [0.25, 0.3) is 0 Å². The van der Waals surface area contributed by atoms with Crippen molar-refractivity contribution in [3.63, 3.8) is 0 Å². The second-order valence-electron chi connectivity index (χ2n) is 12.5. The number of fused-ring (bicyclic) bond motifs is 2. The van der Waals surface area contributed by atoms with Gasteiger partial charge in [-0.1, -0.05) is 52.4 Å². The van der Waals surface area contributed by atoms with Crippen LogP contribution < -0.4 is 0 Å². The van der Waals surface area contributed by atoms with Gasteiger partial charge in [0.2, 0.25) is 0 Å². The zero-order chi connectivity index (χ0) is 22.7. The van der Waals surface area contributed by atoms with E-state index in [1.54, 1.807) is 0 Å². The summed E-state index contributed by atoms with van der Waals surface area (Å²) < 4.78 is 6.46. The van der Waals surface area contributed by atoms with E-state index < -0.39 is 23.2 Å². The highest BCUT2D eigenvalue weighted by molar-refractivity contribution is 5.94. The van der Waals surface area contributed by atoms with Crippen molar-refractivity contribution in [2.24, 2.45) is 34.5 Å². The van der Waals surface area contributed by atoms with Crippen LogP contribution in [0.5, 0.6) is 0 Å². The van der Waals surface area contributed by atoms with E-state index in [4.69, 9.17) is 4.74 Å². The fourth-order valence-corrected chi connectivity index (χ4v) is 9.78. The van der Waals surface area contributed by atoms with Crippen LogP contribution >= 0.6 is 0 Å². The summed E-state index contributed by atoms with van der Waals surface area (Å²) in [4.78, 5) is 13.7. The lowest BCUT2D eigenvalue weighted by molar-refractivity contribution is -0.319. The second kappa shape index (κ2) is 8.34. The summed E-state index contributed by atoms with van der Waals surface area (Å²) in [6.07, 6.45) is 14.8. The predicted molar refractivity (Wildman–Crippen MR) is 125 cm³/mol. The molecule has 4 nitrogen and oxygen atoms in total. The van der Waals surface area contributed by atoms with Crippen LogP contribution in [0.4, 0.5) is 0 Å². The number of ketones is 1. The first-order valence-electron chi connectivity index (χ1n) is 13.9. The molecule has 6 fully saturated rings. The molecule has 2 aliphatic heterocycles. The lowest BCUT2D eigenvalue weighted by atomic mass is 9.39. The Hall–Kier alpha value is -0.450. The number of carbonyl (C=O) groups is 1. The standard InChI is InChI=1S/C28H46O4/c1-4-5-6-7-8-9-10-19-11-12-21-23-22(14-15-26(19,21)3)27-16-13-20(29)17-28(27,31)25(30)24(23)32-18(27)2/h18-24,29,31H,4-17H2,1-3H3/t18-,19+,20+,21+,22+,23+,24-,26-,27+,28+/m1/s1. The second-order valence-corrected chi connectivity index (χ2v) is 12.5. The summed E-state index contributed by atoms with van der Waals surface area (Å²) in [6.45, 7) is 6.88. The average molecular weight is 447 g/mol. The number of hydrogen-bond acceptors (Lipinski definition) is 4. The van der Waals surface area contributed by atoms with Crippen molar-refractivity contribution in [2.45, 2.75) is 135 Å². The highest BCUT2D eigenvalue weighted by atomic mass is 16.5. The van der Waals surface area contributed by atoms with Crippen LogP contribution in [0.15, 0.2) is 0 Å². The van der Waals surface area contributed by atoms with E-state index in [0.29, 0.717) is 23.7 Å². The fraction of sp³-hybridized carbons (Fsp3) is 0.964. The third-order valence-electron chi connectivity index (χ3n) is 11.4. The first kappa shape index (κ1) is 23.3. The summed E-state index contributed by atoms with van der Waals surface area (Å²) in [5, 5.41) is 22.2. The fourth-order valence-electron chi connectivity index (χ4n) is 9.78. The van der Waals surface area contributed by atoms with Crippen LogP contribution in [-0.2, 0) is 9.53 Å². The first-order valence-corrected chi connectivity index (χ1v) is 13.9. The summed E-state index contributed by atoms with van der Waals surface area (Å²) in [5.74, 6) is 1.84. The number of rotatable bonds is 7. The van der Waals surface area contributed by atoms with Crippen LogP contribution in [0, 0.1) is 34.5 Å². The van der Waals surface area contributed by atoms with Crippen LogP contribution in [0.2, 0.25) is 0 Å². The van der Waals surface area contributed by atoms with Crippen molar-refractivity contribution >= 4 is 5.78 Å². The normalized spacial score (nSPS) is 51.9. The minimum absolute atomic E-state index is 0.0979. The van der Waals surface area contributed by atoms with E-state index in [1.807, 2.05) is 0 Å².